The number of hydrogen-bond donors (Lipinski definition) is 0. The molecule has 0 aromatic carbocycles. The van der Waals surface area contributed by atoms with Crippen molar-refractivity contribution in [3.63, 3.8) is 0 Å². The number of nitrogens with zero attached hydrogens (tertiary/aromatic N) is 1. The first kappa shape index (κ1) is 15.3. The number of rotatable bonds is 4. The van der Waals surface area contributed by atoms with Gasteiger partial charge in [0.2, 0.25) is 5.91 Å². The van der Waals surface area contributed by atoms with Crippen molar-refractivity contribution in [1.82, 2.24) is 4.90 Å². The Kier molecular flexibility index (Phi) is 4.34. The van der Waals surface area contributed by atoms with Gasteiger partial charge in [-0.2, -0.15) is 0 Å². The maximum absolute atomic E-state index is 11.9. The van der Waals surface area contributed by atoms with E-state index in [-0.39, 0.29) is 30.1 Å². The molecule has 2 saturated heterocycles. The van der Waals surface area contributed by atoms with E-state index in [9.17, 15) is 9.59 Å². The molecule has 0 radical (unpaired) electrons. The summed E-state index contributed by atoms with van der Waals surface area (Å²) in [5.41, 5.74) is -0.0604. The van der Waals surface area contributed by atoms with Crippen LogP contribution >= 0.6 is 0 Å². The summed E-state index contributed by atoms with van der Waals surface area (Å²) >= 11 is 0. The number of amides is 1. The normalized spacial score (nSPS) is 23.2. The fraction of sp³-hybridized carbons (Fsp3) is 0.857. The number of esters is 1. The van der Waals surface area contributed by atoms with Gasteiger partial charge in [0.05, 0.1) is 31.7 Å². The predicted molar refractivity (Wildman–Crippen MR) is 70.9 cm³/mol. The first-order valence-electron chi connectivity index (χ1n) is 7.07. The molecule has 0 aromatic rings. The van der Waals surface area contributed by atoms with Gasteiger partial charge in [-0.15, -0.1) is 0 Å². The minimum Gasteiger partial charge on any atom is -0.466 e. The zero-order valence-electron chi connectivity index (χ0n) is 12.4. The van der Waals surface area contributed by atoms with E-state index < -0.39 is 5.79 Å². The molecule has 2 rings (SSSR count). The first-order valence-corrected chi connectivity index (χ1v) is 7.07. The lowest BCUT2D eigenvalue weighted by Crippen LogP contribution is -2.65. The van der Waals surface area contributed by atoms with Crippen LogP contribution in [0.5, 0.6) is 0 Å². The van der Waals surface area contributed by atoms with Gasteiger partial charge in [0, 0.05) is 19.5 Å². The minimum absolute atomic E-state index is 0.00601. The molecule has 0 aromatic heterocycles. The molecule has 0 bridgehead atoms. The summed E-state index contributed by atoms with van der Waals surface area (Å²) in [4.78, 5) is 24.9. The highest BCUT2D eigenvalue weighted by molar-refractivity contribution is 5.82. The highest BCUT2D eigenvalue weighted by Crippen LogP contribution is 2.37. The SMILES string of the molecule is CCOC(=O)CCC(=O)N1CC2(COC(C)(C)OC2)C1. The first-order chi connectivity index (χ1) is 9.36. The Balaban J connectivity index is 1.71. The lowest BCUT2D eigenvalue weighted by molar-refractivity contribution is -0.303. The zero-order chi connectivity index (χ0) is 14.8. The van der Waals surface area contributed by atoms with Gasteiger partial charge in [-0.1, -0.05) is 0 Å². The third-order valence-electron chi connectivity index (χ3n) is 3.71. The number of likely N-dealkylation sites (tertiary alicyclic amines) is 1. The van der Waals surface area contributed by atoms with Crippen molar-refractivity contribution < 1.29 is 23.8 Å². The molecule has 2 fully saturated rings. The van der Waals surface area contributed by atoms with E-state index in [1.807, 2.05) is 13.8 Å². The van der Waals surface area contributed by atoms with E-state index in [1.54, 1.807) is 11.8 Å². The molecule has 0 saturated carbocycles. The molecule has 0 N–H and O–H groups in total. The van der Waals surface area contributed by atoms with Crippen LogP contribution in [0.2, 0.25) is 0 Å². The van der Waals surface area contributed by atoms with Gasteiger partial charge in [0.25, 0.3) is 0 Å². The van der Waals surface area contributed by atoms with Crippen LogP contribution in [0.4, 0.5) is 0 Å². The lowest BCUT2D eigenvalue weighted by Gasteiger charge is -2.54. The van der Waals surface area contributed by atoms with Crippen molar-refractivity contribution in [3.8, 4) is 0 Å². The van der Waals surface area contributed by atoms with Crippen molar-refractivity contribution in [3.05, 3.63) is 0 Å². The van der Waals surface area contributed by atoms with Crippen molar-refractivity contribution in [2.24, 2.45) is 5.41 Å². The van der Waals surface area contributed by atoms with Crippen LogP contribution in [0.1, 0.15) is 33.6 Å². The fourth-order valence-corrected chi connectivity index (χ4v) is 2.46. The Labute approximate surface area is 119 Å². The van der Waals surface area contributed by atoms with Crippen molar-refractivity contribution in [2.75, 3.05) is 32.9 Å². The molecule has 2 heterocycles. The Morgan fingerprint density at radius 1 is 1.15 bits per heavy atom. The number of carbonyl (C=O) groups is 2. The molecule has 114 valence electrons. The second-order valence-electron chi connectivity index (χ2n) is 6.03. The summed E-state index contributed by atoms with van der Waals surface area (Å²) in [6, 6.07) is 0. The van der Waals surface area contributed by atoms with E-state index in [0.29, 0.717) is 32.9 Å². The molecule has 1 spiro atoms. The van der Waals surface area contributed by atoms with Gasteiger partial charge in [0.15, 0.2) is 5.79 Å². The smallest absolute Gasteiger partial charge is 0.306 e. The van der Waals surface area contributed by atoms with Crippen molar-refractivity contribution in [2.45, 2.75) is 39.4 Å². The van der Waals surface area contributed by atoms with E-state index in [0.717, 1.165) is 0 Å². The molecule has 0 unspecified atom stereocenters. The molecule has 6 nitrogen and oxygen atoms in total. The average molecular weight is 285 g/mol. The standard InChI is InChI=1S/C14H23NO5/c1-4-18-12(17)6-5-11(16)15-7-14(8-15)9-19-13(2,3)20-10-14/h4-10H2,1-3H3. The van der Waals surface area contributed by atoms with E-state index >= 15 is 0 Å². The zero-order valence-corrected chi connectivity index (χ0v) is 12.4. The maximum atomic E-state index is 11.9. The Bertz CT molecular complexity index is 375. The van der Waals surface area contributed by atoms with Crippen LogP contribution in [0.15, 0.2) is 0 Å². The molecular formula is C14H23NO5. The number of ether oxygens (including phenoxy) is 3. The van der Waals surface area contributed by atoms with Gasteiger partial charge in [-0.3, -0.25) is 9.59 Å². The van der Waals surface area contributed by atoms with Crippen LogP contribution in [0.25, 0.3) is 0 Å². The van der Waals surface area contributed by atoms with Gasteiger partial charge in [-0.05, 0) is 20.8 Å². The van der Waals surface area contributed by atoms with Gasteiger partial charge in [-0.25, -0.2) is 0 Å². The molecule has 6 heteroatoms. The summed E-state index contributed by atoms with van der Waals surface area (Å²) in [5, 5.41) is 0. The van der Waals surface area contributed by atoms with Gasteiger partial charge in [0.1, 0.15) is 0 Å². The van der Waals surface area contributed by atoms with Crippen LogP contribution < -0.4 is 0 Å². The largest absolute Gasteiger partial charge is 0.466 e. The quantitative estimate of drug-likeness (QED) is 0.719. The third-order valence-corrected chi connectivity index (χ3v) is 3.71. The van der Waals surface area contributed by atoms with Gasteiger partial charge < -0.3 is 19.1 Å². The third kappa shape index (κ3) is 3.49. The second-order valence-corrected chi connectivity index (χ2v) is 6.03. The Morgan fingerprint density at radius 2 is 1.75 bits per heavy atom. The van der Waals surface area contributed by atoms with E-state index in [4.69, 9.17) is 14.2 Å². The summed E-state index contributed by atoms with van der Waals surface area (Å²) in [7, 11) is 0. The molecule has 0 aliphatic carbocycles. The summed E-state index contributed by atoms with van der Waals surface area (Å²) in [6.45, 7) is 8.40. The van der Waals surface area contributed by atoms with Crippen LogP contribution in [-0.4, -0.2) is 55.5 Å². The highest BCUT2D eigenvalue weighted by atomic mass is 16.7. The molecule has 0 atom stereocenters. The monoisotopic (exact) mass is 285 g/mol. The van der Waals surface area contributed by atoms with Crippen molar-refractivity contribution in [1.29, 1.82) is 0 Å². The van der Waals surface area contributed by atoms with E-state index in [1.165, 1.54) is 0 Å². The van der Waals surface area contributed by atoms with Crippen LogP contribution in [0, 0.1) is 5.41 Å². The minimum atomic E-state index is -0.528. The second kappa shape index (κ2) is 5.69. The Morgan fingerprint density at radius 3 is 2.30 bits per heavy atom. The fourth-order valence-electron chi connectivity index (χ4n) is 2.46. The molecule has 2 aliphatic heterocycles. The van der Waals surface area contributed by atoms with Crippen LogP contribution in [0.3, 0.4) is 0 Å². The molecule has 20 heavy (non-hydrogen) atoms. The predicted octanol–water partition coefficient (Wildman–Crippen LogP) is 0.941. The summed E-state index contributed by atoms with van der Waals surface area (Å²) in [5.74, 6) is -0.852. The maximum Gasteiger partial charge on any atom is 0.306 e. The van der Waals surface area contributed by atoms with Crippen LogP contribution in [-0.2, 0) is 23.8 Å². The summed E-state index contributed by atoms with van der Waals surface area (Å²) in [6.07, 6.45) is 0.359. The van der Waals surface area contributed by atoms with Crippen molar-refractivity contribution >= 4 is 11.9 Å². The van der Waals surface area contributed by atoms with Gasteiger partial charge >= 0.3 is 5.97 Å². The lowest BCUT2D eigenvalue weighted by atomic mass is 9.80. The Hall–Kier alpha value is -1.14. The average Bonchev–Trinajstić information content (AvgIpc) is 2.34. The molecule has 2 aliphatic rings. The molecular weight excluding hydrogens is 262 g/mol. The number of hydrogen-bond acceptors (Lipinski definition) is 5. The summed E-state index contributed by atoms with van der Waals surface area (Å²) < 4.78 is 16.1. The van der Waals surface area contributed by atoms with E-state index in [2.05, 4.69) is 0 Å². The highest BCUT2D eigenvalue weighted by Gasteiger charge is 2.49. The molecule has 1 amide bonds. The topological polar surface area (TPSA) is 65.1 Å². The number of carbonyl (C=O) groups excluding carboxylic acids is 2.